The van der Waals surface area contributed by atoms with Gasteiger partial charge in [-0.15, -0.1) is 35.3 Å². The third-order valence-corrected chi connectivity index (χ3v) is 3.73. The van der Waals surface area contributed by atoms with Crippen molar-refractivity contribution in [1.82, 2.24) is 10.6 Å². The minimum atomic E-state index is 0. The van der Waals surface area contributed by atoms with E-state index in [-0.39, 0.29) is 24.0 Å². The average molecular weight is 415 g/mol. The van der Waals surface area contributed by atoms with E-state index in [4.69, 9.17) is 0 Å². The Balaban J connectivity index is 0.00000220. The molecule has 0 amide bonds. The molecule has 3 nitrogen and oxygen atoms in total. The van der Waals surface area contributed by atoms with Crippen LogP contribution >= 0.6 is 35.3 Å². The first-order valence-electron chi connectivity index (χ1n) is 6.88. The second-order valence-electron chi connectivity index (χ2n) is 4.62. The van der Waals surface area contributed by atoms with E-state index in [1.165, 1.54) is 16.0 Å². The summed E-state index contributed by atoms with van der Waals surface area (Å²) < 4.78 is 0. The summed E-state index contributed by atoms with van der Waals surface area (Å²) in [6, 6.07) is 12.7. The van der Waals surface area contributed by atoms with Crippen LogP contribution < -0.4 is 10.6 Å². The maximum atomic E-state index is 4.62. The van der Waals surface area contributed by atoms with E-state index in [0.29, 0.717) is 6.54 Å². The molecular formula is C16H22IN3S. The van der Waals surface area contributed by atoms with Crippen LogP contribution in [0.15, 0.2) is 46.8 Å². The highest BCUT2D eigenvalue weighted by atomic mass is 127. The number of hydrogen-bond donors (Lipinski definition) is 2. The molecule has 2 aromatic rings. The van der Waals surface area contributed by atoms with Gasteiger partial charge < -0.3 is 10.6 Å². The summed E-state index contributed by atoms with van der Waals surface area (Å²) in [5.74, 6) is 0.863. The molecule has 114 valence electrons. The predicted octanol–water partition coefficient (Wildman–Crippen LogP) is 3.93. The average Bonchev–Trinajstić information content (AvgIpc) is 2.95. The maximum absolute atomic E-state index is 4.62. The molecule has 2 rings (SSSR count). The van der Waals surface area contributed by atoms with Crippen LogP contribution in [0.25, 0.3) is 0 Å². The first-order valence-corrected chi connectivity index (χ1v) is 7.76. The van der Waals surface area contributed by atoms with Crippen molar-refractivity contribution in [3.05, 3.63) is 57.8 Å². The van der Waals surface area contributed by atoms with Crippen molar-refractivity contribution in [2.24, 2.45) is 4.99 Å². The number of rotatable bonds is 5. The van der Waals surface area contributed by atoms with Gasteiger partial charge in [-0.05, 0) is 30.9 Å². The lowest BCUT2D eigenvalue weighted by atomic mass is 10.1. The zero-order valence-electron chi connectivity index (χ0n) is 12.4. The Hall–Kier alpha value is -1.08. The van der Waals surface area contributed by atoms with Crippen molar-refractivity contribution in [2.45, 2.75) is 26.9 Å². The normalized spacial score (nSPS) is 10.9. The molecule has 0 atom stereocenters. The standard InChI is InChI=1S/C16H21N3S.HI/c1-3-17-16(19-12-15-8-5-9-20-15)18-11-14-7-4-6-13(2)10-14;/h4-10H,3,11-12H2,1-2H3,(H2,17,18,19);1H. The molecule has 0 saturated carbocycles. The number of nitrogens with one attached hydrogen (secondary N) is 2. The molecule has 0 spiro atoms. The number of halogens is 1. The minimum Gasteiger partial charge on any atom is -0.357 e. The van der Waals surface area contributed by atoms with Gasteiger partial charge in [0.2, 0.25) is 0 Å². The van der Waals surface area contributed by atoms with Gasteiger partial charge >= 0.3 is 0 Å². The zero-order valence-corrected chi connectivity index (χ0v) is 15.6. The lowest BCUT2D eigenvalue weighted by Gasteiger charge is -2.10. The lowest BCUT2D eigenvalue weighted by Crippen LogP contribution is -2.36. The molecule has 0 aliphatic carbocycles. The number of guanidine groups is 1. The van der Waals surface area contributed by atoms with E-state index < -0.39 is 0 Å². The van der Waals surface area contributed by atoms with Crippen LogP contribution in [0.5, 0.6) is 0 Å². The van der Waals surface area contributed by atoms with Crippen LogP contribution in [-0.2, 0) is 13.1 Å². The topological polar surface area (TPSA) is 36.4 Å². The Kier molecular flexibility index (Phi) is 8.37. The summed E-state index contributed by atoms with van der Waals surface area (Å²) in [6.45, 7) is 6.56. The van der Waals surface area contributed by atoms with Gasteiger partial charge in [-0.3, -0.25) is 0 Å². The number of aliphatic imine (C=N–C) groups is 1. The highest BCUT2D eigenvalue weighted by molar-refractivity contribution is 14.0. The molecule has 0 saturated heterocycles. The quantitative estimate of drug-likeness (QED) is 0.441. The first kappa shape index (κ1) is 18.0. The third-order valence-electron chi connectivity index (χ3n) is 2.86. The molecule has 5 heteroatoms. The molecule has 0 radical (unpaired) electrons. The van der Waals surface area contributed by atoms with Gasteiger partial charge in [0.15, 0.2) is 5.96 Å². The number of hydrogen-bond acceptors (Lipinski definition) is 2. The Morgan fingerprint density at radius 2 is 2.05 bits per heavy atom. The van der Waals surface area contributed by atoms with E-state index in [1.54, 1.807) is 11.3 Å². The first-order chi connectivity index (χ1) is 9.78. The van der Waals surface area contributed by atoms with Gasteiger partial charge in [-0.2, -0.15) is 0 Å². The molecule has 0 bridgehead atoms. The number of nitrogens with zero attached hydrogens (tertiary/aromatic N) is 1. The van der Waals surface area contributed by atoms with Crippen molar-refractivity contribution in [2.75, 3.05) is 6.54 Å². The summed E-state index contributed by atoms with van der Waals surface area (Å²) in [4.78, 5) is 5.93. The van der Waals surface area contributed by atoms with Crippen molar-refractivity contribution >= 4 is 41.3 Å². The second-order valence-corrected chi connectivity index (χ2v) is 5.65. The van der Waals surface area contributed by atoms with Gasteiger partial charge in [-0.25, -0.2) is 4.99 Å². The van der Waals surface area contributed by atoms with Crippen molar-refractivity contribution in [3.8, 4) is 0 Å². The van der Waals surface area contributed by atoms with Crippen LogP contribution in [0.3, 0.4) is 0 Å². The van der Waals surface area contributed by atoms with Crippen molar-refractivity contribution < 1.29 is 0 Å². The minimum absolute atomic E-state index is 0. The Morgan fingerprint density at radius 1 is 1.19 bits per heavy atom. The van der Waals surface area contributed by atoms with Gasteiger partial charge in [0, 0.05) is 11.4 Å². The Bertz CT molecular complexity index is 552. The Labute approximate surface area is 147 Å². The smallest absolute Gasteiger partial charge is 0.191 e. The summed E-state index contributed by atoms with van der Waals surface area (Å²) in [7, 11) is 0. The highest BCUT2D eigenvalue weighted by Crippen LogP contribution is 2.08. The SMILES string of the molecule is CCNC(=NCc1cccc(C)c1)NCc1cccs1.I. The van der Waals surface area contributed by atoms with E-state index in [0.717, 1.165) is 19.0 Å². The Morgan fingerprint density at radius 3 is 2.71 bits per heavy atom. The van der Waals surface area contributed by atoms with Gasteiger partial charge in [0.05, 0.1) is 13.1 Å². The monoisotopic (exact) mass is 415 g/mol. The summed E-state index contributed by atoms with van der Waals surface area (Å²) in [5.41, 5.74) is 2.51. The number of thiophene rings is 1. The van der Waals surface area contributed by atoms with Gasteiger partial charge in [0.1, 0.15) is 0 Å². The van der Waals surface area contributed by atoms with Crippen LogP contribution in [-0.4, -0.2) is 12.5 Å². The predicted molar refractivity (Wildman–Crippen MR) is 103 cm³/mol. The second kappa shape index (κ2) is 9.78. The number of aryl methyl sites for hydroxylation is 1. The summed E-state index contributed by atoms with van der Waals surface area (Å²) in [5, 5.41) is 8.72. The van der Waals surface area contributed by atoms with Gasteiger partial charge in [0.25, 0.3) is 0 Å². The molecule has 2 N–H and O–H groups in total. The van der Waals surface area contributed by atoms with Crippen LogP contribution in [0, 0.1) is 6.92 Å². The van der Waals surface area contributed by atoms with Gasteiger partial charge in [-0.1, -0.05) is 35.9 Å². The molecule has 0 aliphatic rings. The van der Waals surface area contributed by atoms with E-state index in [1.807, 2.05) is 0 Å². The highest BCUT2D eigenvalue weighted by Gasteiger charge is 1.99. The molecule has 1 aromatic carbocycles. The van der Waals surface area contributed by atoms with Crippen molar-refractivity contribution in [3.63, 3.8) is 0 Å². The lowest BCUT2D eigenvalue weighted by molar-refractivity contribution is 0.823. The fourth-order valence-electron chi connectivity index (χ4n) is 1.91. The van der Waals surface area contributed by atoms with Crippen LogP contribution in [0.1, 0.15) is 22.9 Å². The molecular weight excluding hydrogens is 393 g/mol. The molecule has 1 aromatic heterocycles. The third kappa shape index (κ3) is 6.48. The summed E-state index contributed by atoms with van der Waals surface area (Å²) in [6.07, 6.45) is 0. The zero-order chi connectivity index (χ0) is 14.2. The number of benzene rings is 1. The fourth-order valence-corrected chi connectivity index (χ4v) is 2.55. The van der Waals surface area contributed by atoms with E-state index >= 15 is 0 Å². The van der Waals surface area contributed by atoms with Crippen LogP contribution in [0.4, 0.5) is 0 Å². The van der Waals surface area contributed by atoms with E-state index in [9.17, 15) is 0 Å². The largest absolute Gasteiger partial charge is 0.357 e. The molecule has 21 heavy (non-hydrogen) atoms. The maximum Gasteiger partial charge on any atom is 0.191 e. The van der Waals surface area contributed by atoms with Crippen molar-refractivity contribution in [1.29, 1.82) is 0 Å². The molecule has 0 unspecified atom stereocenters. The fraction of sp³-hybridized carbons (Fsp3) is 0.312. The summed E-state index contributed by atoms with van der Waals surface area (Å²) >= 11 is 1.75. The molecule has 1 heterocycles. The van der Waals surface area contributed by atoms with E-state index in [2.05, 4.69) is 71.3 Å². The van der Waals surface area contributed by atoms with Crippen LogP contribution in [0.2, 0.25) is 0 Å². The molecule has 0 fully saturated rings. The molecule has 0 aliphatic heterocycles.